The van der Waals surface area contributed by atoms with E-state index < -0.39 is 0 Å². The summed E-state index contributed by atoms with van der Waals surface area (Å²) in [6.45, 7) is 3.48. The average molecular weight is 467 g/mol. The Hall–Kier alpha value is -2.90. The monoisotopic (exact) mass is 466 g/mol. The number of aromatic nitrogens is 2. The van der Waals surface area contributed by atoms with Gasteiger partial charge in [0.2, 0.25) is 6.79 Å². The van der Waals surface area contributed by atoms with Crippen LogP contribution in [0, 0.1) is 17.7 Å². The van der Waals surface area contributed by atoms with Gasteiger partial charge in [0, 0.05) is 31.2 Å². The highest BCUT2D eigenvalue weighted by Crippen LogP contribution is 2.40. The molecule has 0 bridgehead atoms. The van der Waals surface area contributed by atoms with Gasteiger partial charge in [0.05, 0.1) is 10.7 Å². The summed E-state index contributed by atoms with van der Waals surface area (Å²) in [6.07, 6.45) is 2.25. The van der Waals surface area contributed by atoms with Crippen LogP contribution in [0.15, 0.2) is 48.5 Å². The minimum atomic E-state index is -0.344. The molecule has 2 aromatic carbocycles. The summed E-state index contributed by atoms with van der Waals surface area (Å²) in [7, 11) is 0. The first-order chi connectivity index (χ1) is 16.1. The average Bonchev–Trinajstić information content (AvgIpc) is 3.51. The van der Waals surface area contributed by atoms with Crippen molar-refractivity contribution in [1.82, 2.24) is 15.1 Å². The van der Waals surface area contributed by atoms with Crippen molar-refractivity contribution in [3.8, 4) is 22.8 Å². The van der Waals surface area contributed by atoms with Gasteiger partial charge >= 0.3 is 0 Å². The Morgan fingerprint density at radius 3 is 2.58 bits per heavy atom. The molecule has 3 atom stereocenters. The lowest BCUT2D eigenvalue weighted by Gasteiger charge is -2.20. The lowest BCUT2D eigenvalue weighted by Crippen LogP contribution is -2.25. The summed E-state index contributed by atoms with van der Waals surface area (Å²) in [5.41, 5.74) is 2.38. The summed E-state index contributed by atoms with van der Waals surface area (Å²) in [4.78, 5) is 2.54. The maximum atomic E-state index is 13.6. The minimum Gasteiger partial charge on any atom is -0.454 e. The van der Waals surface area contributed by atoms with Crippen molar-refractivity contribution in [3.63, 3.8) is 0 Å². The molecule has 170 valence electrons. The second-order valence-electron chi connectivity index (χ2n) is 9.14. The molecule has 1 unspecified atom stereocenters. The molecule has 3 aromatic rings. The molecule has 1 saturated carbocycles. The van der Waals surface area contributed by atoms with Crippen LogP contribution in [0.3, 0.4) is 0 Å². The van der Waals surface area contributed by atoms with Crippen LogP contribution in [0.2, 0.25) is 5.02 Å². The number of fused-ring (bicyclic) bond motifs is 2. The predicted octanol–water partition coefficient (Wildman–Crippen LogP) is 4.99. The number of rotatable bonds is 5. The van der Waals surface area contributed by atoms with Crippen LogP contribution in [-0.2, 0) is 6.54 Å². The van der Waals surface area contributed by atoms with Crippen molar-refractivity contribution < 1.29 is 13.9 Å². The van der Waals surface area contributed by atoms with Gasteiger partial charge in [-0.3, -0.25) is 4.90 Å². The van der Waals surface area contributed by atoms with E-state index in [0.29, 0.717) is 41.0 Å². The van der Waals surface area contributed by atoms with E-state index in [1.165, 1.54) is 23.8 Å². The third-order valence-electron chi connectivity index (χ3n) is 6.89. The van der Waals surface area contributed by atoms with Crippen LogP contribution >= 0.6 is 11.6 Å². The number of nitrogens with zero attached hydrogens (tertiary/aromatic N) is 3. The molecule has 0 amide bonds. The van der Waals surface area contributed by atoms with Gasteiger partial charge in [0.25, 0.3) is 0 Å². The smallest absolute Gasteiger partial charge is 0.231 e. The largest absolute Gasteiger partial charge is 0.454 e. The van der Waals surface area contributed by atoms with E-state index in [2.05, 4.69) is 32.5 Å². The Morgan fingerprint density at radius 2 is 1.79 bits per heavy atom. The molecule has 1 aromatic heterocycles. The number of hydrogen-bond donors (Lipinski definition) is 1. The minimum absolute atomic E-state index is 0.312. The number of likely N-dealkylation sites (tertiary alicyclic amines) is 1. The Bertz CT molecular complexity index is 1160. The van der Waals surface area contributed by atoms with Crippen molar-refractivity contribution in [1.29, 1.82) is 0 Å². The fourth-order valence-electron chi connectivity index (χ4n) is 5.40. The molecule has 2 aliphatic heterocycles. The van der Waals surface area contributed by atoms with E-state index in [-0.39, 0.29) is 5.82 Å². The normalized spacial score (nSPS) is 23.6. The highest BCUT2D eigenvalue weighted by molar-refractivity contribution is 6.33. The highest BCUT2D eigenvalue weighted by Gasteiger charge is 2.40. The SMILES string of the molecule is Fc1ccc(Cl)c(-c2ccc(NC3C[C@@H]4CN(Cc5ccc6c(c5)OCO6)C[C@@H]4C3)nn2)c1. The molecule has 1 N–H and O–H groups in total. The van der Waals surface area contributed by atoms with E-state index in [4.69, 9.17) is 21.1 Å². The van der Waals surface area contributed by atoms with Crippen LogP contribution in [0.25, 0.3) is 11.3 Å². The summed E-state index contributed by atoms with van der Waals surface area (Å²) in [5.74, 6) is 3.46. The molecule has 3 heterocycles. The number of anilines is 1. The summed E-state index contributed by atoms with van der Waals surface area (Å²) < 4.78 is 24.5. The number of nitrogens with one attached hydrogen (secondary N) is 1. The lowest BCUT2D eigenvalue weighted by atomic mass is 10.0. The second-order valence-corrected chi connectivity index (χ2v) is 9.55. The van der Waals surface area contributed by atoms with E-state index >= 15 is 0 Å². The lowest BCUT2D eigenvalue weighted by molar-refractivity contribution is 0.174. The molecule has 6 rings (SSSR count). The quantitative estimate of drug-likeness (QED) is 0.571. The van der Waals surface area contributed by atoms with Crippen molar-refractivity contribution in [2.45, 2.75) is 25.4 Å². The molecular formula is C25H24ClFN4O2. The molecular weight excluding hydrogens is 443 g/mol. The van der Waals surface area contributed by atoms with E-state index in [9.17, 15) is 4.39 Å². The van der Waals surface area contributed by atoms with E-state index in [0.717, 1.165) is 49.8 Å². The first-order valence-corrected chi connectivity index (χ1v) is 11.6. The van der Waals surface area contributed by atoms with Crippen molar-refractivity contribution in [2.75, 3.05) is 25.2 Å². The molecule has 0 spiro atoms. The number of halogens is 2. The first-order valence-electron chi connectivity index (χ1n) is 11.3. The second kappa shape index (κ2) is 8.47. The Labute approximate surface area is 196 Å². The highest BCUT2D eigenvalue weighted by atomic mass is 35.5. The van der Waals surface area contributed by atoms with Gasteiger partial charge in [-0.25, -0.2) is 4.39 Å². The van der Waals surface area contributed by atoms with Gasteiger partial charge in [-0.1, -0.05) is 17.7 Å². The number of ether oxygens (including phenoxy) is 2. The fraction of sp³-hybridized carbons (Fsp3) is 0.360. The van der Waals surface area contributed by atoms with E-state index in [1.54, 1.807) is 0 Å². The topological polar surface area (TPSA) is 59.5 Å². The number of hydrogen-bond acceptors (Lipinski definition) is 6. The van der Waals surface area contributed by atoms with Crippen LogP contribution in [0.5, 0.6) is 11.5 Å². The van der Waals surface area contributed by atoms with Gasteiger partial charge in [-0.05, 0) is 72.7 Å². The Morgan fingerprint density at radius 1 is 0.970 bits per heavy atom. The third-order valence-corrected chi connectivity index (χ3v) is 7.22. The molecule has 1 saturated heterocycles. The Balaban J connectivity index is 1.04. The van der Waals surface area contributed by atoms with Gasteiger partial charge < -0.3 is 14.8 Å². The zero-order chi connectivity index (χ0) is 22.4. The zero-order valence-corrected chi connectivity index (χ0v) is 18.8. The zero-order valence-electron chi connectivity index (χ0n) is 18.0. The maximum Gasteiger partial charge on any atom is 0.231 e. The Kier molecular flexibility index (Phi) is 5.31. The van der Waals surface area contributed by atoms with Gasteiger partial charge in [0.1, 0.15) is 11.6 Å². The van der Waals surface area contributed by atoms with Crippen LogP contribution in [0.4, 0.5) is 10.2 Å². The van der Waals surface area contributed by atoms with Gasteiger partial charge in [0.15, 0.2) is 11.5 Å². The third kappa shape index (κ3) is 4.23. The van der Waals surface area contributed by atoms with Crippen LogP contribution in [0.1, 0.15) is 18.4 Å². The molecule has 33 heavy (non-hydrogen) atoms. The summed E-state index contributed by atoms with van der Waals surface area (Å²) >= 11 is 6.18. The molecule has 2 fully saturated rings. The first kappa shape index (κ1) is 20.7. The number of benzene rings is 2. The van der Waals surface area contributed by atoms with Crippen LogP contribution < -0.4 is 14.8 Å². The van der Waals surface area contributed by atoms with Gasteiger partial charge in [-0.15, -0.1) is 10.2 Å². The molecule has 3 aliphatic rings. The standard InChI is InChI=1S/C25H24ClFN4O2/c26-21-3-2-18(27)10-20(21)22-4-6-25(30-29-22)28-19-8-16-12-31(13-17(16)9-19)11-15-1-5-23-24(7-15)33-14-32-23/h1-7,10,16-17,19H,8-9,11-14H2,(H,28,30)/t16-,17+,19?. The van der Waals surface area contributed by atoms with Crippen molar-refractivity contribution >= 4 is 17.4 Å². The maximum absolute atomic E-state index is 13.6. The van der Waals surface area contributed by atoms with E-state index in [1.807, 2.05) is 18.2 Å². The molecule has 8 heteroatoms. The predicted molar refractivity (Wildman–Crippen MR) is 124 cm³/mol. The van der Waals surface area contributed by atoms with Gasteiger partial charge in [-0.2, -0.15) is 0 Å². The van der Waals surface area contributed by atoms with Crippen molar-refractivity contribution in [2.24, 2.45) is 11.8 Å². The molecule has 0 radical (unpaired) electrons. The molecule has 6 nitrogen and oxygen atoms in total. The summed E-state index contributed by atoms with van der Waals surface area (Å²) in [6, 6.07) is 14.6. The fourth-order valence-corrected chi connectivity index (χ4v) is 5.61. The van der Waals surface area contributed by atoms with Crippen molar-refractivity contribution in [3.05, 3.63) is 64.9 Å². The molecule has 1 aliphatic carbocycles. The van der Waals surface area contributed by atoms with Crippen LogP contribution in [-0.4, -0.2) is 41.0 Å². The summed E-state index contributed by atoms with van der Waals surface area (Å²) in [5, 5.41) is 12.6.